The number of pyridine rings is 1. The second-order valence-corrected chi connectivity index (χ2v) is 8.69. The predicted octanol–water partition coefficient (Wildman–Crippen LogP) is 4.84. The molecule has 6 nitrogen and oxygen atoms in total. The summed E-state index contributed by atoms with van der Waals surface area (Å²) >= 11 is 0. The zero-order valence-electron chi connectivity index (χ0n) is 17.8. The van der Waals surface area contributed by atoms with Crippen LogP contribution in [0.3, 0.4) is 0 Å². The minimum absolute atomic E-state index is 0.232. The highest BCUT2D eigenvalue weighted by Crippen LogP contribution is 2.38. The van der Waals surface area contributed by atoms with Crippen molar-refractivity contribution in [2.45, 2.75) is 38.5 Å². The summed E-state index contributed by atoms with van der Waals surface area (Å²) in [7, 11) is 0. The SMILES string of the molecule is CC(C)c1c(-c2cc(F)c3ncnn3c2)[nH]c2ccc(C3CCN(CC#N)CC3)cc12. The van der Waals surface area contributed by atoms with E-state index in [0.29, 0.717) is 12.5 Å². The van der Waals surface area contributed by atoms with E-state index in [1.807, 2.05) is 6.20 Å². The molecule has 1 fully saturated rings. The van der Waals surface area contributed by atoms with Crippen LogP contribution >= 0.6 is 0 Å². The van der Waals surface area contributed by atoms with Crippen molar-refractivity contribution in [2.75, 3.05) is 19.6 Å². The number of hydrogen-bond acceptors (Lipinski definition) is 4. The number of nitriles is 1. The number of aromatic amines is 1. The molecule has 0 saturated carbocycles. The van der Waals surface area contributed by atoms with E-state index >= 15 is 0 Å². The molecule has 1 aliphatic heterocycles. The average molecular weight is 417 g/mol. The number of nitrogens with one attached hydrogen (secondary N) is 1. The molecular formula is C24H25FN6. The van der Waals surface area contributed by atoms with Gasteiger partial charge in [-0.05, 0) is 67.1 Å². The molecule has 1 aliphatic rings. The van der Waals surface area contributed by atoms with Crippen molar-refractivity contribution < 1.29 is 4.39 Å². The molecule has 0 bridgehead atoms. The zero-order chi connectivity index (χ0) is 21.5. The molecule has 1 saturated heterocycles. The van der Waals surface area contributed by atoms with Gasteiger partial charge in [0.25, 0.3) is 0 Å². The van der Waals surface area contributed by atoms with Gasteiger partial charge >= 0.3 is 0 Å². The van der Waals surface area contributed by atoms with Crippen molar-refractivity contribution in [3.05, 3.63) is 53.7 Å². The normalized spacial score (nSPS) is 15.8. The van der Waals surface area contributed by atoms with E-state index in [-0.39, 0.29) is 17.4 Å². The van der Waals surface area contributed by atoms with Gasteiger partial charge in [0.2, 0.25) is 0 Å². The van der Waals surface area contributed by atoms with Crippen molar-refractivity contribution in [1.29, 1.82) is 5.26 Å². The molecule has 0 atom stereocenters. The van der Waals surface area contributed by atoms with E-state index in [4.69, 9.17) is 5.26 Å². The zero-order valence-corrected chi connectivity index (χ0v) is 17.8. The first kappa shape index (κ1) is 19.7. The summed E-state index contributed by atoms with van der Waals surface area (Å²) < 4.78 is 16.1. The van der Waals surface area contributed by atoms with E-state index in [2.05, 4.69) is 58.1 Å². The second-order valence-electron chi connectivity index (χ2n) is 8.69. The molecule has 0 spiro atoms. The lowest BCUT2D eigenvalue weighted by molar-refractivity contribution is 0.235. The highest BCUT2D eigenvalue weighted by Gasteiger charge is 2.23. The largest absolute Gasteiger partial charge is 0.354 e. The minimum atomic E-state index is -0.381. The highest BCUT2D eigenvalue weighted by atomic mass is 19.1. The van der Waals surface area contributed by atoms with Crippen LogP contribution in [-0.4, -0.2) is 44.1 Å². The molecule has 1 N–H and O–H groups in total. The third kappa shape index (κ3) is 3.47. The molecule has 158 valence electrons. The Bertz CT molecular complexity index is 1290. The summed E-state index contributed by atoms with van der Waals surface area (Å²) in [4.78, 5) is 9.73. The fourth-order valence-electron chi connectivity index (χ4n) is 4.86. The fraction of sp³-hybridized carbons (Fsp3) is 0.375. The maximum atomic E-state index is 14.6. The molecule has 0 amide bonds. The van der Waals surface area contributed by atoms with E-state index in [0.717, 1.165) is 42.7 Å². The van der Waals surface area contributed by atoms with Crippen molar-refractivity contribution in [2.24, 2.45) is 0 Å². The number of nitrogens with zero attached hydrogens (tertiary/aromatic N) is 5. The predicted molar refractivity (Wildman–Crippen MR) is 118 cm³/mol. The van der Waals surface area contributed by atoms with Gasteiger partial charge in [-0.1, -0.05) is 19.9 Å². The Morgan fingerprint density at radius 1 is 1.26 bits per heavy atom. The molecule has 1 aromatic carbocycles. The Labute approximate surface area is 180 Å². The number of aromatic nitrogens is 4. The summed E-state index contributed by atoms with van der Waals surface area (Å²) in [5.41, 5.74) is 5.52. The molecule has 5 rings (SSSR count). The summed E-state index contributed by atoms with van der Waals surface area (Å²) in [5, 5.41) is 14.2. The van der Waals surface area contributed by atoms with Crippen LogP contribution in [0.15, 0.2) is 36.8 Å². The number of rotatable bonds is 4. The van der Waals surface area contributed by atoms with Crippen LogP contribution in [0.1, 0.15) is 49.7 Å². The standard InChI is InChI=1S/C24H25FN6/c1-15(2)22-19-11-17(16-5-8-30(9-6-16)10-7-26)3-4-21(19)29-23(22)18-12-20(25)24-27-14-28-31(24)13-18/h3-4,11-16,29H,5-6,8-10H2,1-2H3. The van der Waals surface area contributed by atoms with Crippen LogP contribution in [-0.2, 0) is 0 Å². The molecular weight excluding hydrogens is 391 g/mol. The summed E-state index contributed by atoms with van der Waals surface area (Å²) in [6.45, 7) is 6.77. The van der Waals surface area contributed by atoms with E-state index in [1.54, 1.807) is 0 Å². The van der Waals surface area contributed by atoms with Crippen molar-refractivity contribution in [3.63, 3.8) is 0 Å². The molecule has 4 heterocycles. The topological polar surface area (TPSA) is 73.0 Å². The summed E-state index contributed by atoms with van der Waals surface area (Å²) in [6, 6.07) is 10.4. The molecule has 0 unspecified atom stereocenters. The van der Waals surface area contributed by atoms with Crippen LogP contribution in [0.4, 0.5) is 4.39 Å². The third-order valence-electron chi connectivity index (χ3n) is 6.41. The molecule has 0 aliphatic carbocycles. The molecule has 3 aromatic heterocycles. The number of hydrogen-bond donors (Lipinski definition) is 1. The van der Waals surface area contributed by atoms with E-state index < -0.39 is 0 Å². The van der Waals surface area contributed by atoms with Gasteiger partial charge in [0, 0.05) is 22.7 Å². The Morgan fingerprint density at radius 2 is 2.06 bits per heavy atom. The van der Waals surface area contributed by atoms with Crippen LogP contribution < -0.4 is 0 Å². The van der Waals surface area contributed by atoms with Crippen LogP contribution in [0.5, 0.6) is 0 Å². The maximum Gasteiger partial charge on any atom is 0.191 e. The number of likely N-dealkylation sites (tertiary alicyclic amines) is 1. The van der Waals surface area contributed by atoms with Gasteiger partial charge < -0.3 is 4.98 Å². The van der Waals surface area contributed by atoms with Gasteiger partial charge in [0.1, 0.15) is 6.33 Å². The smallest absolute Gasteiger partial charge is 0.191 e. The number of piperidine rings is 1. The first-order chi connectivity index (χ1) is 15.0. The Balaban J connectivity index is 1.56. The number of benzene rings is 1. The second kappa shape index (κ2) is 7.78. The van der Waals surface area contributed by atoms with Crippen molar-refractivity contribution in [1.82, 2.24) is 24.5 Å². The van der Waals surface area contributed by atoms with E-state index in [1.165, 1.54) is 33.4 Å². The van der Waals surface area contributed by atoms with Gasteiger partial charge in [-0.3, -0.25) is 4.90 Å². The van der Waals surface area contributed by atoms with Gasteiger partial charge in [0.15, 0.2) is 11.5 Å². The minimum Gasteiger partial charge on any atom is -0.354 e. The monoisotopic (exact) mass is 416 g/mol. The van der Waals surface area contributed by atoms with Gasteiger partial charge in [0.05, 0.1) is 18.3 Å². The van der Waals surface area contributed by atoms with Crippen LogP contribution in [0.25, 0.3) is 27.8 Å². The van der Waals surface area contributed by atoms with Gasteiger partial charge in [-0.25, -0.2) is 13.9 Å². The molecule has 4 aromatic rings. The highest BCUT2D eigenvalue weighted by molar-refractivity contribution is 5.92. The average Bonchev–Trinajstić information content (AvgIpc) is 3.39. The number of fused-ring (bicyclic) bond motifs is 2. The number of H-pyrrole nitrogens is 1. The molecule has 31 heavy (non-hydrogen) atoms. The van der Waals surface area contributed by atoms with Gasteiger partial charge in [-0.2, -0.15) is 10.4 Å². The van der Waals surface area contributed by atoms with Crippen LogP contribution in [0, 0.1) is 17.1 Å². The Morgan fingerprint density at radius 3 is 2.81 bits per heavy atom. The van der Waals surface area contributed by atoms with E-state index in [9.17, 15) is 4.39 Å². The molecule has 7 heteroatoms. The van der Waals surface area contributed by atoms with Gasteiger partial charge in [-0.15, -0.1) is 0 Å². The number of halogens is 1. The molecule has 0 radical (unpaired) electrons. The Hall–Kier alpha value is -3.24. The Kier molecular flexibility index (Phi) is 4.95. The maximum absolute atomic E-state index is 14.6. The lowest BCUT2D eigenvalue weighted by atomic mass is 9.87. The quantitative estimate of drug-likeness (QED) is 0.483. The first-order valence-electron chi connectivity index (χ1n) is 10.8. The first-order valence-corrected chi connectivity index (χ1v) is 10.8. The third-order valence-corrected chi connectivity index (χ3v) is 6.41. The lowest BCUT2D eigenvalue weighted by Crippen LogP contribution is -2.33. The lowest BCUT2D eigenvalue weighted by Gasteiger charge is -2.30. The fourth-order valence-corrected chi connectivity index (χ4v) is 4.86. The van der Waals surface area contributed by atoms with Crippen molar-refractivity contribution >= 4 is 16.6 Å². The summed E-state index contributed by atoms with van der Waals surface area (Å²) in [6.07, 6.45) is 5.32. The van der Waals surface area contributed by atoms with Crippen LogP contribution in [0.2, 0.25) is 0 Å². The van der Waals surface area contributed by atoms with Crippen molar-refractivity contribution in [3.8, 4) is 17.3 Å². The summed E-state index contributed by atoms with van der Waals surface area (Å²) in [5.74, 6) is 0.390.